The molecular weight excluding hydrogens is 386 g/mol. The third-order valence-corrected chi connectivity index (χ3v) is 5.91. The third-order valence-electron chi connectivity index (χ3n) is 3.87. The number of hydrogen-bond acceptors (Lipinski definition) is 4. The average molecular weight is 402 g/mol. The Morgan fingerprint density at radius 3 is 2.22 bits per heavy atom. The molecule has 0 unspecified atom stereocenters. The molecule has 0 radical (unpaired) electrons. The molecule has 0 aromatic heterocycles. The molecule has 0 saturated carbocycles. The van der Waals surface area contributed by atoms with Crippen LogP contribution in [0.2, 0.25) is 5.02 Å². The average Bonchev–Trinajstić information content (AvgIpc) is 2.68. The molecule has 5 nitrogen and oxygen atoms in total. The number of rotatable bonds is 5. The summed E-state index contributed by atoms with van der Waals surface area (Å²) in [7, 11) is -2.20. The molecule has 0 amide bonds. The first-order valence-corrected chi connectivity index (χ1v) is 9.81. The Morgan fingerprint density at radius 2 is 1.59 bits per heavy atom. The van der Waals surface area contributed by atoms with E-state index in [-0.39, 0.29) is 4.90 Å². The lowest BCUT2D eigenvalue weighted by molar-refractivity contribution is 0.0734. The molecule has 0 saturated heterocycles. The fraction of sp³-hybridized carbons (Fsp3) is 0.0500. The SMILES string of the molecule is CN(c1ccc(OC(=O)c2cccc(Cl)c2)cc1)S(=O)(=O)c1ccccc1. The zero-order valence-corrected chi connectivity index (χ0v) is 15.9. The Morgan fingerprint density at radius 1 is 0.926 bits per heavy atom. The van der Waals surface area contributed by atoms with Gasteiger partial charge in [-0.15, -0.1) is 0 Å². The highest BCUT2D eigenvalue weighted by Gasteiger charge is 2.21. The van der Waals surface area contributed by atoms with Gasteiger partial charge < -0.3 is 4.74 Å². The highest BCUT2D eigenvalue weighted by Crippen LogP contribution is 2.24. The smallest absolute Gasteiger partial charge is 0.343 e. The molecular formula is C20H16ClNO4S. The molecule has 0 spiro atoms. The lowest BCUT2D eigenvalue weighted by Gasteiger charge is -2.19. The Bertz CT molecular complexity index is 1050. The van der Waals surface area contributed by atoms with E-state index in [1.54, 1.807) is 48.5 Å². The van der Waals surface area contributed by atoms with Crippen molar-refractivity contribution >= 4 is 33.3 Å². The summed E-state index contributed by atoms with van der Waals surface area (Å²) in [5.74, 6) is -0.246. The molecule has 0 heterocycles. The van der Waals surface area contributed by atoms with Crippen LogP contribution >= 0.6 is 11.6 Å². The Kier molecular flexibility index (Phi) is 5.48. The molecule has 3 aromatic rings. The van der Waals surface area contributed by atoms with Crippen LogP contribution in [0.3, 0.4) is 0 Å². The molecule has 138 valence electrons. The number of carbonyl (C=O) groups is 1. The van der Waals surface area contributed by atoms with Gasteiger partial charge in [-0.3, -0.25) is 4.31 Å². The van der Waals surface area contributed by atoms with Crippen LogP contribution in [0.5, 0.6) is 5.75 Å². The Labute approximate surface area is 162 Å². The summed E-state index contributed by atoms with van der Waals surface area (Å²) in [6.45, 7) is 0. The predicted molar refractivity (Wildman–Crippen MR) is 105 cm³/mol. The van der Waals surface area contributed by atoms with Crippen molar-refractivity contribution < 1.29 is 17.9 Å². The molecule has 0 N–H and O–H groups in total. The zero-order valence-electron chi connectivity index (χ0n) is 14.4. The first-order chi connectivity index (χ1) is 12.9. The van der Waals surface area contributed by atoms with Crippen molar-refractivity contribution in [2.24, 2.45) is 0 Å². The molecule has 7 heteroatoms. The van der Waals surface area contributed by atoms with Crippen molar-refractivity contribution in [3.05, 3.63) is 89.4 Å². The molecule has 27 heavy (non-hydrogen) atoms. The van der Waals surface area contributed by atoms with Crippen LogP contribution in [-0.2, 0) is 10.0 Å². The molecule has 3 aromatic carbocycles. The van der Waals surface area contributed by atoms with E-state index in [4.69, 9.17) is 16.3 Å². The molecule has 0 atom stereocenters. The summed E-state index contributed by atoms with van der Waals surface area (Å²) < 4.78 is 31.7. The maximum absolute atomic E-state index is 12.6. The summed E-state index contributed by atoms with van der Waals surface area (Å²) >= 11 is 5.87. The van der Waals surface area contributed by atoms with Crippen LogP contribution in [0.1, 0.15) is 10.4 Å². The monoisotopic (exact) mass is 401 g/mol. The van der Waals surface area contributed by atoms with E-state index in [0.29, 0.717) is 22.0 Å². The topological polar surface area (TPSA) is 63.7 Å². The third kappa shape index (κ3) is 4.30. The number of nitrogens with zero attached hydrogens (tertiary/aromatic N) is 1. The molecule has 3 rings (SSSR count). The van der Waals surface area contributed by atoms with Gasteiger partial charge in [-0.2, -0.15) is 0 Å². The van der Waals surface area contributed by atoms with Crippen LogP contribution in [0.25, 0.3) is 0 Å². The van der Waals surface area contributed by atoms with Gasteiger partial charge in [0.25, 0.3) is 10.0 Å². The van der Waals surface area contributed by atoms with Crippen molar-refractivity contribution in [2.75, 3.05) is 11.4 Å². The molecule has 0 fully saturated rings. The number of esters is 1. The standard InChI is InChI=1S/C20H16ClNO4S/c1-22(27(24,25)19-8-3-2-4-9-19)17-10-12-18(13-11-17)26-20(23)15-6-5-7-16(21)14-15/h2-14H,1H3. The quantitative estimate of drug-likeness (QED) is 0.470. The van der Waals surface area contributed by atoms with Crippen molar-refractivity contribution in [2.45, 2.75) is 4.90 Å². The Hall–Kier alpha value is -2.83. The van der Waals surface area contributed by atoms with Gasteiger partial charge in [-0.05, 0) is 54.6 Å². The van der Waals surface area contributed by atoms with E-state index in [0.717, 1.165) is 0 Å². The van der Waals surface area contributed by atoms with Crippen LogP contribution in [0.15, 0.2) is 83.8 Å². The lowest BCUT2D eigenvalue weighted by Crippen LogP contribution is -2.26. The van der Waals surface area contributed by atoms with E-state index in [2.05, 4.69) is 0 Å². The summed E-state index contributed by atoms with van der Waals surface area (Å²) in [4.78, 5) is 12.3. The van der Waals surface area contributed by atoms with Crippen LogP contribution in [0.4, 0.5) is 5.69 Å². The minimum Gasteiger partial charge on any atom is -0.423 e. The zero-order chi connectivity index (χ0) is 19.4. The van der Waals surface area contributed by atoms with Crippen molar-refractivity contribution in [1.82, 2.24) is 0 Å². The summed E-state index contributed by atoms with van der Waals surface area (Å²) in [5, 5.41) is 0.438. The fourth-order valence-electron chi connectivity index (χ4n) is 2.39. The number of halogens is 1. The highest BCUT2D eigenvalue weighted by atomic mass is 35.5. The van der Waals surface area contributed by atoms with E-state index < -0.39 is 16.0 Å². The van der Waals surface area contributed by atoms with Gasteiger partial charge in [0.1, 0.15) is 5.75 Å². The summed E-state index contributed by atoms with van der Waals surface area (Å²) in [6.07, 6.45) is 0. The number of benzene rings is 3. The molecule has 0 aliphatic carbocycles. The Balaban J connectivity index is 1.76. The van der Waals surface area contributed by atoms with Crippen molar-refractivity contribution in [3.8, 4) is 5.75 Å². The second-order valence-corrected chi connectivity index (χ2v) is 8.09. The van der Waals surface area contributed by atoms with E-state index >= 15 is 0 Å². The minimum atomic E-state index is -3.66. The largest absolute Gasteiger partial charge is 0.423 e. The first-order valence-electron chi connectivity index (χ1n) is 8.00. The second kappa shape index (κ2) is 7.82. The highest BCUT2D eigenvalue weighted by molar-refractivity contribution is 7.92. The van der Waals surface area contributed by atoms with Crippen LogP contribution < -0.4 is 9.04 Å². The van der Waals surface area contributed by atoms with E-state index in [1.807, 2.05) is 0 Å². The minimum absolute atomic E-state index is 0.198. The number of carbonyl (C=O) groups excluding carboxylic acids is 1. The number of sulfonamides is 1. The fourth-order valence-corrected chi connectivity index (χ4v) is 3.80. The second-order valence-electron chi connectivity index (χ2n) is 5.68. The number of ether oxygens (including phenoxy) is 1. The predicted octanol–water partition coefficient (Wildman–Crippen LogP) is 4.38. The molecule has 0 aliphatic rings. The van der Waals surface area contributed by atoms with E-state index in [1.165, 1.54) is 41.7 Å². The molecule has 0 aliphatic heterocycles. The van der Waals surface area contributed by atoms with E-state index in [9.17, 15) is 13.2 Å². The normalized spacial score (nSPS) is 11.0. The van der Waals surface area contributed by atoms with Crippen LogP contribution in [-0.4, -0.2) is 21.4 Å². The van der Waals surface area contributed by atoms with Gasteiger partial charge in [0.05, 0.1) is 16.1 Å². The van der Waals surface area contributed by atoms with Crippen molar-refractivity contribution in [3.63, 3.8) is 0 Å². The lowest BCUT2D eigenvalue weighted by atomic mass is 10.2. The summed E-state index contributed by atoms with van der Waals surface area (Å²) in [5.41, 5.74) is 0.775. The maximum Gasteiger partial charge on any atom is 0.343 e. The van der Waals surface area contributed by atoms with Gasteiger partial charge in [-0.1, -0.05) is 35.9 Å². The van der Waals surface area contributed by atoms with Gasteiger partial charge in [0.15, 0.2) is 0 Å². The number of anilines is 1. The van der Waals surface area contributed by atoms with Gasteiger partial charge >= 0.3 is 5.97 Å². The maximum atomic E-state index is 12.6. The van der Waals surface area contributed by atoms with Crippen molar-refractivity contribution in [1.29, 1.82) is 0 Å². The van der Waals surface area contributed by atoms with Gasteiger partial charge in [0, 0.05) is 12.1 Å². The summed E-state index contributed by atoms with van der Waals surface area (Å²) in [6, 6.07) is 20.8. The van der Waals surface area contributed by atoms with Gasteiger partial charge in [-0.25, -0.2) is 13.2 Å². The first kappa shape index (κ1) is 18.9. The van der Waals surface area contributed by atoms with Crippen LogP contribution in [0, 0.1) is 0 Å². The van der Waals surface area contributed by atoms with Gasteiger partial charge in [0.2, 0.25) is 0 Å². The number of hydrogen-bond donors (Lipinski definition) is 0. The molecule has 0 bridgehead atoms.